The Morgan fingerprint density at radius 3 is 2.62 bits per heavy atom. The average molecular weight is 399 g/mol. The van der Waals surface area contributed by atoms with Gasteiger partial charge in [-0.15, -0.1) is 0 Å². The summed E-state index contributed by atoms with van der Waals surface area (Å²) in [6.45, 7) is 1.27. The zero-order chi connectivity index (χ0) is 15.1. The van der Waals surface area contributed by atoms with Crippen molar-refractivity contribution in [3.63, 3.8) is 0 Å². The van der Waals surface area contributed by atoms with Gasteiger partial charge in [0, 0.05) is 16.7 Å². The zero-order valence-electron chi connectivity index (χ0n) is 11.5. The number of phenolic OH excluding ortho intramolecular Hbond substituents is 1. The van der Waals surface area contributed by atoms with E-state index < -0.39 is 6.10 Å². The number of rotatable bonds is 7. The van der Waals surface area contributed by atoms with Gasteiger partial charge in [0.1, 0.15) is 24.2 Å². The van der Waals surface area contributed by atoms with Crippen LogP contribution in [-0.4, -0.2) is 29.5 Å². The first kappa shape index (κ1) is 16.1. The van der Waals surface area contributed by atoms with Crippen LogP contribution in [0.5, 0.6) is 11.5 Å². The Balaban J connectivity index is 1.67. The van der Waals surface area contributed by atoms with Crippen LogP contribution in [0, 0.1) is 3.57 Å². The van der Waals surface area contributed by atoms with Crippen molar-refractivity contribution in [1.82, 2.24) is 5.32 Å². The number of halogens is 1. The Morgan fingerprint density at radius 2 is 1.90 bits per heavy atom. The van der Waals surface area contributed by atoms with E-state index in [2.05, 4.69) is 27.9 Å². The maximum Gasteiger partial charge on any atom is 0.119 e. The second-order valence-electron chi connectivity index (χ2n) is 4.72. The standard InChI is InChI=1S/C16H18INO3/c17-13-4-6-16(7-5-13)21-11-15(20)10-18-9-12-2-1-3-14(19)8-12/h1-8,15,18-20H,9-11H2. The van der Waals surface area contributed by atoms with Crippen LogP contribution in [0.15, 0.2) is 48.5 Å². The van der Waals surface area contributed by atoms with Gasteiger partial charge in [-0.25, -0.2) is 0 Å². The van der Waals surface area contributed by atoms with Crippen molar-refractivity contribution in [2.24, 2.45) is 0 Å². The predicted molar refractivity (Wildman–Crippen MR) is 90.5 cm³/mol. The van der Waals surface area contributed by atoms with E-state index in [0.29, 0.717) is 13.1 Å². The molecular formula is C16H18INO3. The SMILES string of the molecule is Oc1cccc(CNCC(O)COc2ccc(I)cc2)c1. The van der Waals surface area contributed by atoms with Gasteiger partial charge in [-0.05, 0) is 64.6 Å². The Bertz CT molecular complexity index is 560. The summed E-state index contributed by atoms with van der Waals surface area (Å²) in [6, 6.07) is 14.7. The first-order valence-electron chi connectivity index (χ1n) is 6.68. The number of aromatic hydroxyl groups is 1. The van der Waals surface area contributed by atoms with Crippen molar-refractivity contribution in [2.75, 3.05) is 13.2 Å². The van der Waals surface area contributed by atoms with Crippen LogP contribution >= 0.6 is 22.6 Å². The lowest BCUT2D eigenvalue weighted by atomic mass is 10.2. The summed E-state index contributed by atoms with van der Waals surface area (Å²) in [5.74, 6) is 0.999. The lowest BCUT2D eigenvalue weighted by molar-refractivity contribution is 0.106. The zero-order valence-corrected chi connectivity index (χ0v) is 13.7. The van der Waals surface area contributed by atoms with Gasteiger partial charge in [-0.1, -0.05) is 12.1 Å². The van der Waals surface area contributed by atoms with E-state index in [0.717, 1.165) is 14.9 Å². The van der Waals surface area contributed by atoms with Crippen LogP contribution in [0.25, 0.3) is 0 Å². The van der Waals surface area contributed by atoms with E-state index in [9.17, 15) is 10.2 Å². The molecule has 2 aromatic rings. The Hall–Kier alpha value is -1.31. The molecule has 1 unspecified atom stereocenters. The van der Waals surface area contributed by atoms with Gasteiger partial charge >= 0.3 is 0 Å². The highest BCUT2D eigenvalue weighted by molar-refractivity contribution is 14.1. The molecule has 5 heteroatoms. The molecule has 0 amide bonds. The lowest BCUT2D eigenvalue weighted by Gasteiger charge is -2.13. The van der Waals surface area contributed by atoms with Gasteiger partial charge < -0.3 is 20.3 Å². The molecule has 0 aliphatic carbocycles. The minimum atomic E-state index is -0.582. The third-order valence-corrected chi connectivity index (χ3v) is 3.59. The summed E-state index contributed by atoms with van der Waals surface area (Å²) in [5.41, 5.74) is 0.973. The van der Waals surface area contributed by atoms with E-state index in [-0.39, 0.29) is 12.4 Å². The molecule has 0 aliphatic heterocycles. The third-order valence-electron chi connectivity index (χ3n) is 2.88. The molecule has 21 heavy (non-hydrogen) atoms. The maximum atomic E-state index is 9.86. The monoisotopic (exact) mass is 399 g/mol. The first-order valence-corrected chi connectivity index (χ1v) is 7.76. The number of nitrogens with one attached hydrogen (secondary N) is 1. The molecule has 1 atom stereocenters. The average Bonchev–Trinajstić information content (AvgIpc) is 2.47. The molecule has 0 spiro atoms. The molecule has 3 N–H and O–H groups in total. The molecule has 2 aromatic carbocycles. The van der Waals surface area contributed by atoms with Crippen molar-refractivity contribution in [3.05, 3.63) is 57.7 Å². The van der Waals surface area contributed by atoms with Gasteiger partial charge in [0.15, 0.2) is 0 Å². The second kappa shape index (κ2) is 8.21. The van der Waals surface area contributed by atoms with Crippen molar-refractivity contribution in [3.8, 4) is 11.5 Å². The van der Waals surface area contributed by atoms with Crippen molar-refractivity contribution in [1.29, 1.82) is 0 Å². The molecule has 4 nitrogen and oxygen atoms in total. The largest absolute Gasteiger partial charge is 0.508 e. The van der Waals surface area contributed by atoms with Crippen LogP contribution in [0.4, 0.5) is 0 Å². The molecule has 0 bridgehead atoms. The number of hydrogen-bond acceptors (Lipinski definition) is 4. The minimum absolute atomic E-state index is 0.244. The van der Waals surface area contributed by atoms with Gasteiger partial charge in [0.05, 0.1) is 0 Å². The topological polar surface area (TPSA) is 61.7 Å². The number of phenols is 1. The molecule has 0 saturated heterocycles. The minimum Gasteiger partial charge on any atom is -0.508 e. The molecule has 0 aromatic heterocycles. The maximum absolute atomic E-state index is 9.86. The third kappa shape index (κ3) is 5.91. The fourth-order valence-electron chi connectivity index (χ4n) is 1.83. The first-order chi connectivity index (χ1) is 10.1. The number of ether oxygens (including phenoxy) is 1. The summed E-state index contributed by atoms with van der Waals surface area (Å²) in [4.78, 5) is 0. The van der Waals surface area contributed by atoms with Crippen LogP contribution in [0.3, 0.4) is 0 Å². The molecule has 0 aliphatic rings. The number of aliphatic hydroxyl groups is 1. The normalized spacial score (nSPS) is 12.1. The fraction of sp³-hybridized carbons (Fsp3) is 0.250. The van der Waals surface area contributed by atoms with Gasteiger partial charge in [-0.2, -0.15) is 0 Å². The Labute approximate surface area is 137 Å². The number of hydrogen-bond donors (Lipinski definition) is 3. The summed E-state index contributed by atoms with van der Waals surface area (Å²) in [7, 11) is 0. The van der Waals surface area contributed by atoms with Gasteiger partial charge in [0.2, 0.25) is 0 Å². The summed E-state index contributed by atoms with van der Waals surface area (Å²) in [5, 5.41) is 22.3. The number of aliphatic hydroxyl groups excluding tert-OH is 1. The van der Waals surface area contributed by atoms with Crippen LogP contribution in [0.1, 0.15) is 5.56 Å². The van der Waals surface area contributed by atoms with E-state index in [1.54, 1.807) is 18.2 Å². The summed E-state index contributed by atoms with van der Waals surface area (Å²) >= 11 is 2.23. The molecule has 112 valence electrons. The van der Waals surface area contributed by atoms with Crippen LogP contribution in [-0.2, 0) is 6.54 Å². The highest BCUT2D eigenvalue weighted by atomic mass is 127. The smallest absolute Gasteiger partial charge is 0.119 e. The second-order valence-corrected chi connectivity index (χ2v) is 5.97. The van der Waals surface area contributed by atoms with Crippen molar-refractivity contribution < 1.29 is 14.9 Å². The summed E-state index contributed by atoms with van der Waals surface area (Å²) < 4.78 is 6.66. The van der Waals surface area contributed by atoms with Crippen molar-refractivity contribution in [2.45, 2.75) is 12.6 Å². The van der Waals surface area contributed by atoms with Crippen LogP contribution in [0.2, 0.25) is 0 Å². The van der Waals surface area contributed by atoms with Crippen LogP contribution < -0.4 is 10.1 Å². The Morgan fingerprint density at radius 1 is 1.14 bits per heavy atom. The fourth-order valence-corrected chi connectivity index (χ4v) is 2.19. The van der Waals surface area contributed by atoms with Crippen molar-refractivity contribution >= 4 is 22.6 Å². The predicted octanol–water partition coefficient (Wildman–Crippen LogP) is 2.53. The molecule has 0 fully saturated rings. The Kier molecular flexibility index (Phi) is 6.28. The van der Waals surface area contributed by atoms with E-state index in [4.69, 9.17) is 4.74 Å². The molecule has 0 radical (unpaired) electrons. The van der Waals surface area contributed by atoms with Gasteiger partial charge in [0.25, 0.3) is 0 Å². The van der Waals surface area contributed by atoms with Gasteiger partial charge in [-0.3, -0.25) is 0 Å². The lowest BCUT2D eigenvalue weighted by Crippen LogP contribution is -2.31. The van der Waals surface area contributed by atoms with E-state index >= 15 is 0 Å². The highest BCUT2D eigenvalue weighted by Crippen LogP contribution is 2.13. The molecular weight excluding hydrogens is 381 g/mol. The van der Waals surface area contributed by atoms with E-state index in [1.807, 2.05) is 30.3 Å². The quantitative estimate of drug-likeness (QED) is 0.627. The summed E-state index contributed by atoms with van der Waals surface area (Å²) in [6.07, 6.45) is -0.582. The van der Waals surface area contributed by atoms with E-state index in [1.165, 1.54) is 0 Å². The molecule has 0 heterocycles. The number of benzene rings is 2. The highest BCUT2D eigenvalue weighted by Gasteiger charge is 2.05. The molecule has 0 saturated carbocycles. The molecule has 2 rings (SSSR count).